The SMILES string of the molecule is NC(CCc1ccc2c(c1)CCO2)c1ccc(Cl)cc1F. The fourth-order valence-corrected chi connectivity index (χ4v) is 2.83. The van der Waals surface area contributed by atoms with Gasteiger partial charge < -0.3 is 10.5 Å². The summed E-state index contributed by atoms with van der Waals surface area (Å²) in [5, 5.41) is 0.391. The van der Waals surface area contributed by atoms with Gasteiger partial charge in [0, 0.05) is 23.0 Å². The summed E-state index contributed by atoms with van der Waals surface area (Å²) >= 11 is 5.76. The van der Waals surface area contributed by atoms with Crippen molar-refractivity contribution in [3.8, 4) is 5.75 Å². The molecule has 0 saturated carbocycles. The van der Waals surface area contributed by atoms with Crippen LogP contribution >= 0.6 is 11.6 Å². The summed E-state index contributed by atoms with van der Waals surface area (Å²) in [6.07, 6.45) is 2.47. The van der Waals surface area contributed by atoms with Crippen LogP contribution in [0.3, 0.4) is 0 Å². The maximum Gasteiger partial charge on any atom is 0.129 e. The quantitative estimate of drug-likeness (QED) is 0.925. The molecule has 21 heavy (non-hydrogen) atoms. The summed E-state index contributed by atoms with van der Waals surface area (Å²) in [4.78, 5) is 0. The maximum atomic E-state index is 13.8. The van der Waals surface area contributed by atoms with Crippen molar-refractivity contribution in [3.63, 3.8) is 0 Å². The van der Waals surface area contributed by atoms with E-state index in [0.29, 0.717) is 17.0 Å². The van der Waals surface area contributed by atoms with Gasteiger partial charge in [-0.05, 0) is 42.2 Å². The summed E-state index contributed by atoms with van der Waals surface area (Å²) in [6, 6.07) is 10.5. The number of nitrogens with two attached hydrogens (primary N) is 1. The first-order valence-corrected chi connectivity index (χ1v) is 7.46. The molecule has 1 aliphatic heterocycles. The second-order valence-corrected chi connectivity index (χ2v) is 5.79. The van der Waals surface area contributed by atoms with Crippen LogP contribution in [0.1, 0.15) is 29.2 Å². The van der Waals surface area contributed by atoms with Gasteiger partial charge in [-0.15, -0.1) is 0 Å². The molecule has 2 N–H and O–H groups in total. The second-order valence-electron chi connectivity index (χ2n) is 5.35. The lowest BCUT2D eigenvalue weighted by Gasteiger charge is -2.13. The Morgan fingerprint density at radius 1 is 1.24 bits per heavy atom. The highest BCUT2D eigenvalue weighted by molar-refractivity contribution is 6.30. The average molecular weight is 306 g/mol. The van der Waals surface area contributed by atoms with Crippen molar-refractivity contribution in [3.05, 3.63) is 63.9 Å². The van der Waals surface area contributed by atoms with Crippen molar-refractivity contribution in [2.75, 3.05) is 6.61 Å². The Morgan fingerprint density at radius 2 is 2.10 bits per heavy atom. The van der Waals surface area contributed by atoms with Crippen LogP contribution in [0.5, 0.6) is 5.75 Å². The van der Waals surface area contributed by atoms with Gasteiger partial charge in [-0.1, -0.05) is 29.8 Å². The zero-order valence-electron chi connectivity index (χ0n) is 11.6. The van der Waals surface area contributed by atoms with E-state index in [9.17, 15) is 4.39 Å². The minimum atomic E-state index is -0.336. The highest BCUT2D eigenvalue weighted by Crippen LogP contribution is 2.28. The number of halogens is 2. The van der Waals surface area contributed by atoms with E-state index in [1.165, 1.54) is 17.2 Å². The van der Waals surface area contributed by atoms with E-state index in [1.54, 1.807) is 12.1 Å². The Hall–Kier alpha value is -1.58. The molecule has 1 atom stereocenters. The molecule has 1 unspecified atom stereocenters. The third kappa shape index (κ3) is 3.20. The normalized spacial score (nSPS) is 14.6. The largest absolute Gasteiger partial charge is 0.493 e. The summed E-state index contributed by atoms with van der Waals surface area (Å²) in [5.74, 6) is 0.643. The van der Waals surface area contributed by atoms with Crippen LogP contribution in [-0.2, 0) is 12.8 Å². The van der Waals surface area contributed by atoms with Gasteiger partial charge in [-0.3, -0.25) is 0 Å². The Bertz CT molecular complexity index is 659. The molecule has 0 bridgehead atoms. The molecular formula is C17H17ClFNO. The number of benzene rings is 2. The van der Waals surface area contributed by atoms with Gasteiger partial charge in [-0.25, -0.2) is 4.39 Å². The highest BCUT2D eigenvalue weighted by atomic mass is 35.5. The van der Waals surface area contributed by atoms with E-state index >= 15 is 0 Å². The highest BCUT2D eigenvalue weighted by Gasteiger charge is 2.14. The molecule has 4 heteroatoms. The monoisotopic (exact) mass is 305 g/mol. The standard InChI is InChI=1S/C17H17ClFNO/c18-13-3-4-14(15(19)10-13)16(20)5-1-11-2-6-17-12(9-11)7-8-21-17/h2-4,6,9-10,16H,1,5,7-8,20H2. The number of hydrogen-bond donors (Lipinski definition) is 1. The molecule has 0 aromatic heterocycles. The Kier molecular flexibility index (Phi) is 4.13. The molecule has 2 nitrogen and oxygen atoms in total. The zero-order chi connectivity index (χ0) is 14.8. The Morgan fingerprint density at radius 3 is 2.90 bits per heavy atom. The van der Waals surface area contributed by atoms with Crippen molar-refractivity contribution in [1.82, 2.24) is 0 Å². The van der Waals surface area contributed by atoms with Crippen molar-refractivity contribution >= 4 is 11.6 Å². The number of hydrogen-bond acceptors (Lipinski definition) is 2. The summed E-state index contributed by atoms with van der Waals surface area (Å²) in [7, 11) is 0. The minimum Gasteiger partial charge on any atom is -0.493 e. The first-order valence-electron chi connectivity index (χ1n) is 7.08. The predicted molar refractivity (Wildman–Crippen MR) is 82.3 cm³/mol. The van der Waals surface area contributed by atoms with E-state index in [4.69, 9.17) is 22.1 Å². The summed E-state index contributed by atoms with van der Waals surface area (Å²) in [5.41, 5.74) is 9.08. The second kappa shape index (κ2) is 6.04. The minimum absolute atomic E-state index is 0.327. The number of aryl methyl sites for hydroxylation is 1. The van der Waals surface area contributed by atoms with Gasteiger partial charge in [0.15, 0.2) is 0 Å². The lowest BCUT2D eigenvalue weighted by molar-refractivity contribution is 0.357. The smallest absolute Gasteiger partial charge is 0.129 e. The van der Waals surface area contributed by atoms with Crippen LogP contribution < -0.4 is 10.5 Å². The third-order valence-corrected chi connectivity index (χ3v) is 4.09. The van der Waals surface area contributed by atoms with Crippen LogP contribution in [0.15, 0.2) is 36.4 Å². The number of rotatable bonds is 4. The molecular weight excluding hydrogens is 289 g/mol. The first kappa shape index (κ1) is 14.4. The Labute approximate surface area is 128 Å². The van der Waals surface area contributed by atoms with Crippen molar-refractivity contribution in [2.24, 2.45) is 5.73 Å². The fourth-order valence-electron chi connectivity index (χ4n) is 2.68. The van der Waals surface area contributed by atoms with Crippen LogP contribution in [0.4, 0.5) is 4.39 Å². The average Bonchev–Trinajstić information content (AvgIpc) is 2.92. The van der Waals surface area contributed by atoms with E-state index in [-0.39, 0.29) is 11.9 Å². The van der Waals surface area contributed by atoms with Gasteiger partial charge in [0.25, 0.3) is 0 Å². The van der Waals surface area contributed by atoms with Crippen LogP contribution in [-0.4, -0.2) is 6.61 Å². The van der Waals surface area contributed by atoms with E-state index in [0.717, 1.165) is 25.2 Å². The summed E-state index contributed by atoms with van der Waals surface area (Å²) in [6.45, 7) is 0.758. The van der Waals surface area contributed by atoms with E-state index in [1.807, 2.05) is 6.07 Å². The number of fused-ring (bicyclic) bond motifs is 1. The first-order chi connectivity index (χ1) is 10.1. The molecule has 1 aliphatic rings. The predicted octanol–water partition coefficient (Wildman–Crippen LogP) is 4.05. The molecule has 2 aromatic rings. The molecule has 0 spiro atoms. The molecule has 3 rings (SSSR count). The van der Waals surface area contributed by atoms with Gasteiger partial charge in [-0.2, -0.15) is 0 Å². The summed E-state index contributed by atoms with van der Waals surface area (Å²) < 4.78 is 19.3. The molecule has 0 saturated heterocycles. The molecule has 2 aromatic carbocycles. The van der Waals surface area contributed by atoms with Crippen LogP contribution in [0, 0.1) is 5.82 Å². The molecule has 110 valence electrons. The number of ether oxygens (including phenoxy) is 1. The molecule has 1 heterocycles. The van der Waals surface area contributed by atoms with Gasteiger partial charge in [0.05, 0.1) is 6.61 Å². The zero-order valence-corrected chi connectivity index (χ0v) is 12.4. The van der Waals surface area contributed by atoms with Crippen LogP contribution in [0.2, 0.25) is 5.02 Å². The lowest BCUT2D eigenvalue weighted by atomic mass is 9.98. The fraction of sp³-hybridized carbons (Fsp3) is 0.294. The van der Waals surface area contributed by atoms with Gasteiger partial charge in [0.2, 0.25) is 0 Å². The van der Waals surface area contributed by atoms with Crippen molar-refractivity contribution in [1.29, 1.82) is 0 Å². The Balaban J connectivity index is 1.67. The lowest BCUT2D eigenvalue weighted by Crippen LogP contribution is -2.13. The molecule has 0 fully saturated rings. The molecule has 0 radical (unpaired) electrons. The maximum absolute atomic E-state index is 13.8. The van der Waals surface area contributed by atoms with Gasteiger partial charge >= 0.3 is 0 Å². The third-order valence-electron chi connectivity index (χ3n) is 3.86. The van der Waals surface area contributed by atoms with Crippen molar-refractivity contribution < 1.29 is 9.13 Å². The molecule has 0 aliphatic carbocycles. The van der Waals surface area contributed by atoms with E-state index in [2.05, 4.69) is 12.1 Å². The van der Waals surface area contributed by atoms with Gasteiger partial charge in [0.1, 0.15) is 11.6 Å². The topological polar surface area (TPSA) is 35.2 Å². The van der Waals surface area contributed by atoms with E-state index < -0.39 is 0 Å². The van der Waals surface area contributed by atoms with Crippen molar-refractivity contribution in [2.45, 2.75) is 25.3 Å². The molecule has 0 amide bonds. The van der Waals surface area contributed by atoms with Crippen LogP contribution in [0.25, 0.3) is 0 Å².